The average Bonchev–Trinajstić information content (AvgIpc) is 3.29. The van der Waals surface area contributed by atoms with Gasteiger partial charge in [-0.15, -0.1) is 0 Å². The molecule has 0 radical (unpaired) electrons. The molecule has 1 fully saturated rings. The van der Waals surface area contributed by atoms with Crippen LogP contribution in [0.2, 0.25) is 5.02 Å². The quantitative estimate of drug-likeness (QED) is 0.634. The fourth-order valence-corrected chi connectivity index (χ4v) is 3.91. The molecular weight excluding hydrogens is 416 g/mol. The van der Waals surface area contributed by atoms with Gasteiger partial charge >= 0.3 is 0 Å². The van der Waals surface area contributed by atoms with Crippen LogP contribution in [0.1, 0.15) is 33.7 Å². The van der Waals surface area contributed by atoms with Crippen molar-refractivity contribution < 1.29 is 14.3 Å². The number of carbonyl (C=O) groups is 2. The fourth-order valence-electron chi connectivity index (χ4n) is 3.72. The van der Waals surface area contributed by atoms with Crippen molar-refractivity contribution in [1.82, 2.24) is 20.4 Å². The Balaban J connectivity index is 1.35. The predicted octanol–water partition coefficient (Wildman–Crippen LogP) is 3.77. The number of aromatic amines is 1. The van der Waals surface area contributed by atoms with Gasteiger partial charge in [0.2, 0.25) is 0 Å². The summed E-state index contributed by atoms with van der Waals surface area (Å²) in [4.78, 5) is 27.2. The van der Waals surface area contributed by atoms with Gasteiger partial charge in [0.15, 0.2) is 0 Å². The molecule has 160 valence electrons. The van der Waals surface area contributed by atoms with Gasteiger partial charge in [0.25, 0.3) is 11.8 Å². The zero-order valence-corrected chi connectivity index (χ0v) is 17.9. The number of piperidine rings is 1. The maximum absolute atomic E-state index is 12.9. The fraction of sp³-hybridized carbons (Fsp3) is 0.261. The standard InChI is InChI=1S/C23H23ClN4O3/c1-31-21-8-3-2-7-18(21)22(29)25-17-9-11-28(12-10-17)23(30)20-14-19(26-27-20)15-5-4-6-16(24)13-15/h2-8,13-14,17H,9-12H2,1H3,(H,25,29)(H,26,27). The minimum Gasteiger partial charge on any atom is -0.496 e. The number of aromatic nitrogens is 2. The van der Waals surface area contributed by atoms with Crippen molar-refractivity contribution in [2.75, 3.05) is 20.2 Å². The van der Waals surface area contributed by atoms with Gasteiger partial charge in [0, 0.05) is 29.7 Å². The van der Waals surface area contributed by atoms with Gasteiger partial charge in [-0.2, -0.15) is 5.10 Å². The molecule has 1 aliphatic rings. The Kier molecular flexibility index (Phi) is 6.23. The maximum atomic E-state index is 12.9. The van der Waals surface area contributed by atoms with Gasteiger partial charge < -0.3 is 15.0 Å². The van der Waals surface area contributed by atoms with Crippen LogP contribution in [0.3, 0.4) is 0 Å². The van der Waals surface area contributed by atoms with Crippen LogP contribution in [0.4, 0.5) is 0 Å². The molecule has 1 saturated heterocycles. The van der Waals surface area contributed by atoms with Gasteiger partial charge in [-0.1, -0.05) is 35.9 Å². The van der Waals surface area contributed by atoms with Crippen LogP contribution in [0.15, 0.2) is 54.6 Å². The topological polar surface area (TPSA) is 87.3 Å². The number of H-pyrrole nitrogens is 1. The highest BCUT2D eigenvalue weighted by Crippen LogP contribution is 2.23. The molecule has 3 aromatic rings. The Morgan fingerprint density at radius 2 is 1.90 bits per heavy atom. The van der Waals surface area contributed by atoms with Crippen LogP contribution in [-0.4, -0.2) is 53.2 Å². The third-order valence-electron chi connectivity index (χ3n) is 5.40. The number of rotatable bonds is 5. The van der Waals surface area contributed by atoms with Crippen LogP contribution in [0.5, 0.6) is 5.75 Å². The van der Waals surface area contributed by atoms with E-state index in [0.717, 1.165) is 5.56 Å². The third kappa shape index (κ3) is 4.72. The number of likely N-dealkylation sites (tertiary alicyclic amines) is 1. The lowest BCUT2D eigenvalue weighted by atomic mass is 10.0. The van der Waals surface area contributed by atoms with Crippen molar-refractivity contribution in [3.63, 3.8) is 0 Å². The van der Waals surface area contributed by atoms with Gasteiger partial charge in [-0.3, -0.25) is 14.7 Å². The number of benzene rings is 2. The summed E-state index contributed by atoms with van der Waals surface area (Å²) in [7, 11) is 1.55. The van der Waals surface area contributed by atoms with Gasteiger partial charge in [0.1, 0.15) is 11.4 Å². The molecule has 0 atom stereocenters. The SMILES string of the molecule is COc1ccccc1C(=O)NC1CCN(C(=O)c2cc(-c3cccc(Cl)c3)n[nH]2)CC1. The normalized spacial score (nSPS) is 14.3. The molecule has 8 heteroatoms. The van der Waals surface area contributed by atoms with Crippen LogP contribution in [-0.2, 0) is 0 Å². The Bertz CT molecular complexity index is 1090. The molecular formula is C23H23ClN4O3. The summed E-state index contributed by atoms with van der Waals surface area (Å²) in [5, 5.41) is 10.7. The third-order valence-corrected chi connectivity index (χ3v) is 5.63. The van der Waals surface area contributed by atoms with E-state index in [1.54, 1.807) is 42.3 Å². The van der Waals surface area contributed by atoms with E-state index in [9.17, 15) is 9.59 Å². The number of nitrogens with zero attached hydrogens (tertiary/aromatic N) is 2. The van der Waals surface area contributed by atoms with Gasteiger partial charge in [-0.05, 0) is 43.2 Å². The molecule has 7 nitrogen and oxygen atoms in total. The average molecular weight is 439 g/mol. The van der Waals surface area contributed by atoms with E-state index in [1.807, 2.05) is 24.3 Å². The van der Waals surface area contributed by atoms with Crippen LogP contribution < -0.4 is 10.1 Å². The minimum atomic E-state index is -0.165. The van der Waals surface area contributed by atoms with Crippen molar-refractivity contribution in [3.8, 4) is 17.0 Å². The Hall–Kier alpha value is -3.32. The molecule has 0 saturated carbocycles. The van der Waals surface area contributed by atoms with Crippen LogP contribution >= 0.6 is 11.6 Å². The highest BCUT2D eigenvalue weighted by atomic mass is 35.5. The van der Waals surface area contributed by atoms with E-state index < -0.39 is 0 Å². The highest BCUT2D eigenvalue weighted by Gasteiger charge is 2.26. The molecule has 0 bridgehead atoms. The number of methoxy groups -OCH3 is 1. The van der Waals surface area contributed by atoms with Crippen molar-refractivity contribution in [1.29, 1.82) is 0 Å². The number of ether oxygens (including phenoxy) is 1. The summed E-state index contributed by atoms with van der Waals surface area (Å²) < 4.78 is 5.26. The predicted molar refractivity (Wildman–Crippen MR) is 118 cm³/mol. The second-order valence-corrected chi connectivity index (χ2v) is 7.85. The summed E-state index contributed by atoms with van der Waals surface area (Å²) in [6.45, 7) is 1.11. The van der Waals surface area contributed by atoms with Crippen LogP contribution in [0.25, 0.3) is 11.3 Å². The number of amides is 2. The lowest BCUT2D eigenvalue weighted by Gasteiger charge is -2.32. The molecule has 2 N–H and O–H groups in total. The van der Waals surface area contributed by atoms with Crippen molar-refractivity contribution in [2.45, 2.75) is 18.9 Å². The summed E-state index contributed by atoms with van der Waals surface area (Å²) in [6.07, 6.45) is 1.36. The van der Waals surface area contributed by atoms with Gasteiger partial charge in [-0.25, -0.2) is 0 Å². The minimum absolute atomic E-state index is 0.00486. The number of halogens is 1. The molecule has 0 spiro atoms. The first-order valence-corrected chi connectivity index (χ1v) is 10.5. The Morgan fingerprint density at radius 1 is 1.13 bits per heavy atom. The molecule has 0 aliphatic carbocycles. The number of hydrogen-bond donors (Lipinski definition) is 2. The second kappa shape index (κ2) is 9.22. The van der Waals surface area contributed by atoms with Crippen molar-refractivity contribution >= 4 is 23.4 Å². The molecule has 2 amide bonds. The first kappa shape index (κ1) is 20.9. The lowest BCUT2D eigenvalue weighted by molar-refractivity contribution is 0.0692. The van der Waals surface area contributed by atoms with E-state index in [4.69, 9.17) is 16.3 Å². The first-order valence-electron chi connectivity index (χ1n) is 10.1. The number of nitrogens with one attached hydrogen (secondary N) is 2. The Morgan fingerprint density at radius 3 is 2.65 bits per heavy atom. The number of carbonyl (C=O) groups excluding carboxylic acids is 2. The zero-order valence-electron chi connectivity index (χ0n) is 17.1. The number of para-hydroxylation sites is 1. The molecule has 2 heterocycles. The smallest absolute Gasteiger partial charge is 0.271 e. The zero-order chi connectivity index (χ0) is 21.8. The monoisotopic (exact) mass is 438 g/mol. The Labute approximate surface area is 185 Å². The van der Waals surface area contributed by atoms with Crippen molar-refractivity contribution in [3.05, 3.63) is 70.9 Å². The molecule has 31 heavy (non-hydrogen) atoms. The second-order valence-electron chi connectivity index (χ2n) is 7.42. The summed E-state index contributed by atoms with van der Waals surface area (Å²) in [5.74, 6) is 0.277. The van der Waals surface area contributed by atoms with Crippen molar-refractivity contribution in [2.24, 2.45) is 0 Å². The summed E-state index contributed by atoms with van der Waals surface area (Å²) >= 11 is 6.04. The van der Waals surface area contributed by atoms with E-state index in [0.29, 0.717) is 53.7 Å². The molecule has 2 aromatic carbocycles. The van der Waals surface area contributed by atoms with E-state index in [2.05, 4.69) is 15.5 Å². The van der Waals surface area contributed by atoms with Crippen LogP contribution in [0, 0.1) is 0 Å². The summed E-state index contributed by atoms with van der Waals surface area (Å²) in [5.41, 5.74) is 2.46. The van der Waals surface area contributed by atoms with E-state index in [1.165, 1.54) is 0 Å². The molecule has 4 rings (SSSR count). The molecule has 1 aromatic heterocycles. The molecule has 1 aliphatic heterocycles. The lowest BCUT2D eigenvalue weighted by Crippen LogP contribution is -2.46. The largest absolute Gasteiger partial charge is 0.496 e. The number of hydrogen-bond acceptors (Lipinski definition) is 4. The van der Waals surface area contributed by atoms with Gasteiger partial charge in [0.05, 0.1) is 18.4 Å². The summed E-state index contributed by atoms with van der Waals surface area (Å²) in [6, 6.07) is 16.2. The highest BCUT2D eigenvalue weighted by molar-refractivity contribution is 6.30. The maximum Gasteiger partial charge on any atom is 0.271 e. The van der Waals surface area contributed by atoms with E-state index in [-0.39, 0.29) is 17.9 Å². The first-order chi connectivity index (χ1) is 15.0. The molecule has 0 unspecified atom stereocenters. The van der Waals surface area contributed by atoms with E-state index >= 15 is 0 Å².